The van der Waals surface area contributed by atoms with Crippen LogP contribution in [0.2, 0.25) is 0 Å². The van der Waals surface area contributed by atoms with Gasteiger partial charge in [0.25, 0.3) is 0 Å². The monoisotopic (exact) mass is 177 g/mol. The van der Waals surface area contributed by atoms with Crippen LogP contribution in [0, 0.1) is 0 Å². The Labute approximate surface area is 78.8 Å². The van der Waals surface area contributed by atoms with Crippen LogP contribution in [0.1, 0.15) is 25.1 Å². The highest BCUT2D eigenvalue weighted by molar-refractivity contribution is 4.88. The Morgan fingerprint density at radius 3 is 2.46 bits per heavy atom. The predicted octanol–water partition coefficient (Wildman–Crippen LogP) is 1.46. The summed E-state index contributed by atoms with van der Waals surface area (Å²) in [7, 11) is 0. The lowest BCUT2D eigenvalue weighted by Crippen LogP contribution is -2.29. The number of aromatic nitrogens is 2. The quantitative estimate of drug-likeness (QED) is 0.685. The normalized spacial score (nSPS) is 18.8. The van der Waals surface area contributed by atoms with Crippen LogP contribution < -0.4 is 0 Å². The van der Waals surface area contributed by atoms with Gasteiger partial charge in [0.2, 0.25) is 0 Å². The molecule has 2 rings (SSSR count). The lowest BCUT2D eigenvalue weighted by Gasteiger charge is -2.25. The maximum Gasteiger partial charge on any atom is 0.142 e. The van der Waals surface area contributed by atoms with Crippen molar-refractivity contribution in [3.8, 4) is 0 Å². The van der Waals surface area contributed by atoms with Gasteiger partial charge in [-0.05, 0) is 32.0 Å². The molecule has 1 fully saturated rings. The molecule has 0 amide bonds. The van der Waals surface area contributed by atoms with E-state index in [0.29, 0.717) is 0 Å². The number of hydrogen-bond acceptors (Lipinski definition) is 3. The van der Waals surface area contributed by atoms with Crippen molar-refractivity contribution in [1.82, 2.24) is 14.9 Å². The van der Waals surface area contributed by atoms with E-state index in [-0.39, 0.29) is 0 Å². The molecule has 3 heteroatoms. The molecule has 0 saturated carbocycles. The van der Waals surface area contributed by atoms with Crippen LogP contribution in [0.3, 0.4) is 0 Å². The van der Waals surface area contributed by atoms with E-state index in [1.54, 1.807) is 0 Å². The van der Waals surface area contributed by atoms with Crippen molar-refractivity contribution in [2.75, 3.05) is 13.1 Å². The van der Waals surface area contributed by atoms with Crippen molar-refractivity contribution in [3.63, 3.8) is 0 Å². The average molecular weight is 177 g/mol. The Hall–Kier alpha value is -0.960. The zero-order valence-corrected chi connectivity index (χ0v) is 7.82. The largest absolute Gasteiger partial charge is 0.296 e. The van der Waals surface area contributed by atoms with Crippen molar-refractivity contribution in [1.29, 1.82) is 0 Å². The second-order valence-corrected chi connectivity index (χ2v) is 3.50. The first-order valence-corrected chi connectivity index (χ1v) is 4.93. The molecule has 0 N–H and O–H groups in total. The van der Waals surface area contributed by atoms with Gasteiger partial charge in [-0.15, -0.1) is 0 Å². The van der Waals surface area contributed by atoms with Gasteiger partial charge in [-0.1, -0.05) is 6.42 Å². The highest BCUT2D eigenvalue weighted by atomic mass is 15.1. The summed E-state index contributed by atoms with van der Waals surface area (Å²) in [5, 5.41) is 0. The first-order chi connectivity index (χ1) is 6.45. The molecule has 1 aromatic heterocycles. The van der Waals surface area contributed by atoms with Crippen LogP contribution in [0.5, 0.6) is 0 Å². The first kappa shape index (κ1) is 8.63. The maximum atomic E-state index is 4.22. The number of hydrogen-bond donors (Lipinski definition) is 0. The third-order valence-electron chi connectivity index (χ3n) is 2.43. The minimum atomic E-state index is 0.918. The Bertz CT molecular complexity index is 242. The topological polar surface area (TPSA) is 29.0 Å². The summed E-state index contributed by atoms with van der Waals surface area (Å²) in [6, 6.07) is 1.86. The number of piperidine rings is 1. The molecular formula is C10H15N3. The lowest BCUT2D eigenvalue weighted by molar-refractivity contribution is 0.216. The molecule has 0 spiro atoms. The Morgan fingerprint density at radius 2 is 1.77 bits per heavy atom. The van der Waals surface area contributed by atoms with Crippen molar-refractivity contribution in [2.45, 2.75) is 25.8 Å². The van der Waals surface area contributed by atoms with Crippen LogP contribution in [0.25, 0.3) is 0 Å². The number of rotatable bonds is 2. The second kappa shape index (κ2) is 4.33. The molecule has 13 heavy (non-hydrogen) atoms. The molecule has 0 unspecified atom stereocenters. The Balaban J connectivity index is 1.90. The molecular weight excluding hydrogens is 162 g/mol. The average Bonchev–Trinajstić information content (AvgIpc) is 2.21. The van der Waals surface area contributed by atoms with E-state index < -0.39 is 0 Å². The fourth-order valence-corrected chi connectivity index (χ4v) is 1.73. The van der Waals surface area contributed by atoms with Crippen molar-refractivity contribution >= 4 is 0 Å². The summed E-state index contributed by atoms with van der Waals surface area (Å²) in [6.45, 7) is 3.33. The zero-order valence-electron chi connectivity index (χ0n) is 7.82. The third kappa shape index (κ3) is 2.49. The van der Waals surface area contributed by atoms with E-state index in [4.69, 9.17) is 0 Å². The van der Waals surface area contributed by atoms with Gasteiger partial charge >= 0.3 is 0 Å². The Morgan fingerprint density at radius 1 is 1.08 bits per heavy atom. The van der Waals surface area contributed by atoms with E-state index >= 15 is 0 Å². The summed E-state index contributed by atoms with van der Waals surface area (Å²) in [4.78, 5) is 10.9. The van der Waals surface area contributed by atoms with Gasteiger partial charge in [-0.2, -0.15) is 0 Å². The molecule has 1 saturated heterocycles. The number of likely N-dealkylation sites (tertiary alicyclic amines) is 1. The molecule has 70 valence electrons. The van der Waals surface area contributed by atoms with Gasteiger partial charge < -0.3 is 0 Å². The summed E-state index contributed by atoms with van der Waals surface area (Å²) in [5.74, 6) is 0.949. The molecule has 1 aliphatic heterocycles. The minimum absolute atomic E-state index is 0.918. The first-order valence-electron chi connectivity index (χ1n) is 4.93. The number of nitrogens with zero attached hydrogens (tertiary/aromatic N) is 3. The molecule has 1 aromatic rings. The van der Waals surface area contributed by atoms with Gasteiger partial charge in [0, 0.05) is 12.4 Å². The van der Waals surface area contributed by atoms with Crippen LogP contribution in [0.4, 0.5) is 0 Å². The van der Waals surface area contributed by atoms with Gasteiger partial charge in [-0.3, -0.25) is 4.90 Å². The van der Waals surface area contributed by atoms with Crippen molar-refractivity contribution < 1.29 is 0 Å². The van der Waals surface area contributed by atoms with Gasteiger partial charge in [-0.25, -0.2) is 9.97 Å². The fourth-order valence-electron chi connectivity index (χ4n) is 1.73. The predicted molar refractivity (Wildman–Crippen MR) is 51.2 cm³/mol. The van der Waals surface area contributed by atoms with Crippen LogP contribution >= 0.6 is 0 Å². The van der Waals surface area contributed by atoms with Gasteiger partial charge in [0.05, 0.1) is 6.54 Å². The van der Waals surface area contributed by atoms with Crippen molar-refractivity contribution in [2.24, 2.45) is 0 Å². The van der Waals surface area contributed by atoms with E-state index in [1.165, 1.54) is 32.4 Å². The summed E-state index contributed by atoms with van der Waals surface area (Å²) >= 11 is 0. The van der Waals surface area contributed by atoms with Crippen LogP contribution in [-0.2, 0) is 6.54 Å². The maximum absolute atomic E-state index is 4.22. The molecule has 3 nitrogen and oxygen atoms in total. The lowest BCUT2D eigenvalue weighted by atomic mass is 10.1. The highest BCUT2D eigenvalue weighted by Crippen LogP contribution is 2.10. The molecule has 0 bridgehead atoms. The summed E-state index contributed by atoms with van der Waals surface area (Å²) in [6.07, 6.45) is 7.66. The van der Waals surface area contributed by atoms with Gasteiger partial charge in [0.15, 0.2) is 0 Å². The summed E-state index contributed by atoms with van der Waals surface area (Å²) < 4.78 is 0. The van der Waals surface area contributed by atoms with Crippen LogP contribution in [0.15, 0.2) is 18.5 Å². The van der Waals surface area contributed by atoms with Crippen molar-refractivity contribution in [3.05, 3.63) is 24.3 Å². The molecule has 2 heterocycles. The third-order valence-corrected chi connectivity index (χ3v) is 2.43. The van der Waals surface area contributed by atoms with Crippen LogP contribution in [-0.4, -0.2) is 28.0 Å². The second-order valence-electron chi connectivity index (χ2n) is 3.50. The van der Waals surface area contributed by atoms with E-state index in [1.807, 2.05) is 18.5 Å². The summed E-state index contributed by atoms with van der Waals surface area (Å²) in [5.41, 5.74) is 0. The smallest absolute Gasteiger partial charge is 0.142 e. The van der Waals surface area contributed by atoms with E-state index in [2.05, 4.69) is 14.9 Å². The molecule has 0 aliphatic carbocycles. The minimum Gasteiger partial charge on any atom is -0.296 e. The Kier molecular flexibility index (Phi) is 2.87. The van der Waals surface area contributed by atoms with E-state index in [9.17, 15) is 0 Å². The standard InChI is InChI=1S/C10H15N3/c1-2-7-13(8-3-1)9-10-11-5-4-6-12-10/h4-6H,1-3,7-9H2. The van der Waals surface area contributed by atoms with Gasteiger partial charge in [0.1, 0.15) is 5.82 Å². The molecule has 0 radical (unpaired) electrons. The SMILES string of the molecule is c1cnc(CN2CCCCC2)nc1. The fraction of sp³-hybridized carbons (Fsp3) is 0.600. The highest BCUT2D eigenvalue weighted by Gasteiger charge is 2.10. The molecule has 1 aliphatic rings. The zero-order chi connectivity index (χ0) is 8.93. The molecule has 0 aromatic carbocycles. The molecule has 0 atom stereocenters. The van der Waals surface area contributed by atoms with E-state index in [0.717, 1.165) is 12.4 Å².